The molecular weight excluding hydrogens is 482 g/mol. The van der Waals surface area contributed by atoms with Gasteiger partial charge in [-0.05, 0) is 25.2 Å². The number of aliphatic hydroxyl groups excluding tert-OH is 2. The predicted octanol–water partition coefficient (Wildman–Crippen LogP) is -1.39. The third-order valence-electron chi connectivity index (χ3n) is 6.50. The zero-order valence-corrected chi connectivity index (χ0v) is 19.9. The molecule has 37 heavy (non-hydrogen) atoms. The summed E-state index contributed by atoms with van der Waals surface area (Å²) in [5, 5.41) is 23.2. The summed E-state index contributed by atoms with van der Waals surface area (Å²) in [7, 11) is 1.40. The molecule has 0 bridgehead atoms. The van der Waals surface area contributed by atoms with Crippen molar-refractivity contribution < 1.29 is 24.5 Å². The summed E-state index contributed by atoms with van der Waals surface area (Å²) in [5.74, 6) is 5.14. The Hall–Kier alpha value is -4.19. The molecule has 4 atom stereocenters. The fraction of sp³-hybridized carbons (Fsp3) is 0.435. The Morgan fingerprint density at radius 1 is 1.24 bits per heavy atom. The van der Waals surface area contributed by atoms with Crippen LogP contribution in [0.5, 0.6) is 0 Å². The normalized spacial score (nSPS) is 23.2. The van der Waals surface area contributed by atoms with Gasteiger partial charge in [0.15, 0.2) is 23.8 Å². The number of ether oxygens (including phenoxy) is 1. The van der Waals surface area contributed by atoms with Crippen molar-refractivity contribution in [1.29, 1.82) is 0 Å². The standard InChI is InChI=1S/C23H25N9O5/c1-25-21(35)18-16(33)17(34)23(37-18)32-11-28-15-19(24)29-14(30-20(15)32)6-3-7-31(13-4-2-5-13)22(36)12-8-26-10-27-9-12/h8-11,13,16-18,23,33-34H,2,4-5,7H2,1H3,(H,25,35)(H2,24,29,30)/t16-,17-,18+,23-/m1/s1. The molecule has 14 heteroatoms. The molecule has 1 saturated heterocycles. The minimum atomic E-state index is -1.45. The Morgan fingerprint density at radius 3 is 2.68 bits per heavy atom. The molecule has 3 aromatic rings. The van der Waals surface area contributed by atoms with Crippen molar-refractivity contribution in [3.63, 3.8) is 0 Å². The van der Waals surface area contributed by atoms with E-state index in [4.69, 9.17) is 10.5 Å². The Labute approximate surface area is 210 Å². The third-order valence-corrected chi connectivity index (χ3v) is 6.50. The van der Waals surface area contributed by atoms with E-state index in [2.05, 4.69) is 42.1 Å². The number of fused-ring (bicyclic) bond motifs is 1. The Kier molecular flexibility index (Phi) is 6.66. The van der Waals surface area contributed by atoms with Crippen molar-refractivity contribution in [2.45, 2.75) is 49.8 Å². The summed E-state index contributed by atoms with van der Waals surface area (Å²) in [6.07, 6.45) is 3.17. The van der Waals surface area contributed by atoms with Crippen LogP contribution in [0.3, 0.4) is 0 Å². The van der Waals surface area contributed by atoms with Crippen LogP contribution >= 0.6 is 0 Å². The summed E-state index contributed by atoms with van der Waals surface area (Å²) in [4.78, 5) is 47.3. The van der Waals surface area contributed by atoms with Crippen molar-refractivity contribution >= 4 is 28.8 Å². The van der Waals surface area contributed by atoms with E-state index in [1.807, 2.05) is 0 Å². The molecule has 1 saturated carbocycles. The lowest BCUT2D eigenvalue weighted by atomic mass is 9.91. The Morgan fingerprint density at radius 2 is 2.00 bits per heavy atom. The Bertz CT molecular complexity index is 1380. The number of hydrogen-bond donors (Lipinski definition) is 4. The number of hydrogen-bond acceptors (Lipinski definition) is 11. The van der Waals surface area contributed by atoms with Gasteiger partial charge in [-0.1, -0.05) is 5.92 Å². The van der Waals surface area contributed by atoms with E-state index in [0.29, 0.717) is 5.56 Å². The lowest BCUT2D eigenvalue weighted by Crippen LogP contribution is -2.44. The zero-order chi connectivity index (χ0) is 26.1. The van der Waals surface area contributed by atoms with Crippen LogP contribution in [0.4, 0.5) is 5.82 Å². The van der Waals surface area contributed by atoms with E-state index in [1.54, 1.807) is 4.90 Å². The molecule has 2 fully saturated rings. The van der Waals surface area contributed by atoms with Crippen molar-refractivity contribution in [3.8, 4) is 11.8 Å². The van der Waals surface area contributed by atoms with E-state index < -0.39 is 30.4 Å². The van der Waals surface area contributed by atoms with Crippen molar-refractivity contribution in [2.75, 3.05) is 19.3 Å². The number of aliphatic hydroxyl groups is 2. The maximum absolute atomic E-state index is 13.0. The van der Waals surface area contributed by atoms with Gasteiger partial charge >= 0.3 is 0 Å². The summed E-state index contributed by atoms with van der Waals surface area (Å²) in [5.41, 5.74) is 6.91. The molecule has 3 aromatic heterocycles. The highest BCUT2D eigenvalue weighted by molar-refractivity contribution is 5.94. The molecule has 2 aliphatic rings. The summed E-state index contributed by atoms with van der Waals surface area (Å²) >= 11 is 0. The molecule has 5 N–H and O–H groups in total. The number of rotatable bonds is 5. The molecule has 0 spiro atoms. The zero-order valence-electron chi connectivity index (χ0n) is 19.9. The number of carbonyl (C=O) groups excluding carboxylic acids is 2. The number of nitrogens with one attached hydrogen (secondary N) is 1. The SMILES string of the molecule is CNC(=O)[C@H]1O[C@@H](n2cnc3c(N)nc(C#CCN(C(=O)c4cncnc4)C4CCC4)nc32)[C@H](O)[C@H]1O. The van der Waals surface area contributed by atoms with Crippen LogP contribution in [0.15, 0.2) is 25.0 Å². The van der Waals surface area contributed by atoms with Crippen molar-refractivity contribution in [2.24, 2.45) is 0 Å². The van der Waals surface area contributed by atoms with E-state index in [1.165, 1.54) is 36.7 Å². The van der Waals surface area contributed by atoms with E-state index in [9.17, 15) is 19.8 Å². The fourth-order valence-electron chi connectivity index (χ4n) is 4.27. The maximum atomic E-state index is 13.0. The molecule has 0 unspecified atom stereocenters. The van der Waals surface area contributed by atoms with Gasteiger partial charge in [0.2, 0.25) is 5.82 Å². The van der Waals surface area contributed by atoms with Crippen molar-refractivity contribution in [1.82, 2.24) is 39.7 Å². The van der Waals surface area contributed by atoms with E-state index in [-0.39, 0.29) is 41.3 Å². The second kappa shape index (κ2) is 10.1. The second-order valence-electron chi connectivity index (χ2n) is 8.75. The fourth-order valence-corrected chi connectivity index (χ4v) is 4.27. The van der Waals surface area contributed by atoms with Crippen LogP contribution in [-0.4, -0.2) is 94.4 Å². The van der Waals surface area contributed by atoms with Gasteiger partial charge in [0.05, 0.1) is 18.4 Å². The lowest BCUT2D eigenvalue weighted by Gasteiger charge is -2.36. The molecule has 1 aliphatic heterocycles. The smallest absolute Gasteiger partial charge is 0.258 e. The first-order valence-corrected chi connectivity index (χ1v) is 11.7. The molecule has 4 heterocycles. The first-order valence-electron chi connectivity index (χ1n) is 11.7. The quantitative estimate of drug-likeness (QED) is 0.297. The largest absolute Gasteiger partial charge is 0.387 e. The number of nitrogens with two attached hydrogens (primary N) is 1. The molecular formula is C23H25N9O5. The summed E-state index contributed by atoms with van der Waals surface area (Å²) < 4.78 is 6.99. The van der Waals surface area contributed by atoms with Crippen LogP contribution in [0.1, 0.15) is 41.7 Å². The molecule has 2 amide bonds. The first-order chi connectivity index (χ1) is 17.9. The van der Waals surface area contributed by atoms with Gasteiger partial charge in [-0.25, -0.2) is 24.9 Å². The second-order valence-corrected chi connectivity index (χ2v) is 8.75. The monoisotopic (exact) mass is 507 g/mol. The number of carbonyl (C=O) groups is 2. The topological polar surface area (TPSA) is 194 Å². The number of nitrogens with zero attached hydrogens (tertiary/aromatic N) is 7. The highest BCUT2D eigenvalue weighted by atomic mass is 16.6. The summed E-state index contributed by atoms with van der Waals surface area (Å²) in [6.45, 7) is 0.142. The maximum Gasteiger partial charge on any atom is 0.258 e. The average Bonchev–Trinajstić information content (AvgIpc) is 3.43. The number of nitrogen functional groups attached to an aromatic ring is 1. The van der Waals surface area contributed by atoms with Gasteiger partial charge < -0.3 is 30.9 Å². The van der Waals surface area contributed by atoms with Crippen LogP contribution in [0.2, 0.25) is 0 Å². The molecule has 1 aliphatic carbocycles. The van der Waals surface area contributed by atoms with Crippen LogP contribution in [-0.2, 0) is 9.53 Å². The van der Waals surface area contributed by atoms with Gasteiger partial charge in [-0.3, -0.25) is 14.2 Å². The summed E-state index contributed by atoms with van der Waals surface area (Å²) in [6, 6.07) is 0.0811. The van der Waals surface area contributed by atoms with Gasteiger partial charge in [0.1, 0.15) is 24.1 Å². The molecule has 0 radical (unpaired) electrons. The third kappa shape index (κ3) is 4.55. The van der Waals surface area contributed by atoms with Crippen molar-refractivity contribution in [3.05, 3.63) is 36.4 Å². The van der Waals surface area contributed by atoms with Gasteiger partial charge in [0, 0.05) is 25.5 Å². The number of anilines is 1. The van der Waals surface area contributed by atoms with Gasteiger partial charge in [-0.2, -0.15) is 0 Å². The first kappa shape index (κ1) is 24.5. The number of amides is 2. The molecule has 5 rings (SSSR count). The van der Waals surface area contributed by atoms with Crippen LogP contribution < -0.4 is 11.1 Å². The van der Waals surface area contributed by atoms with Crippen LogP contribution in [0.25, 0.3) is 11.2 Å². The lowest BCUT2D eigenvalue weighted by molar-refractivity contribution is -0.137. The molecule has 192 valence electrons. The van der Waals surface area contributed by atoms with E-state index in [0.717, 1.165) is 19.3 Å². The minimum Gasteiger partial charge on any atom is -0.387 e. The number of likely N-dealkylation sites (N-methyl/N-ethyl adjacent to an activating group) is 1. The number of imidazole rings is 1. The molecule has 14 nitrogen and oxygen atoms in total. The Balaban J connectivity index is 1.40. The predicted molar refractivity (Wildman–Crippen MR) is 127 cm³/mol. The number of aromatic nitrogens is 6. The average molecular weight is 508 g/mol. The van der Waals surface area contributed by atoms with Crippen LogP contribution in [0, 0.1) is 11.8 Å². The van der Waals surface area contributed by atoms with Gasteiger partial charge in [-0.15, -0.1) is 0 Å². The highest BCUT2D eigenvalue weighted by Crippen LogP contribution is 2.32. The van der Waals surface area contributed by atoms with E-state index >= 15 is 0 Å². The highest BCUT2D eigenvalue weighted by Gasteiger charge is 2.47. The van der Waals surface area contributed by atoms with Gasteiger partial charge in [0.25, 0.3) is 11.8 Å². The minimum absolute atomic E-state index is 0.0531. The molecule has 0 aromatic carbocycles.